The van der Waals surface area contributed by atoms with Crippen LogP contribution >= 0.6 is 0 Å². The minimum Gasteiger partial charge on any atom is -0.493 e. The van der Waals surface area contributed by atoms with Gasteiger partial charge in [0, 0.05) is 32.2 Å². The largest absolute Gasteiger partial charge is 0.493 e. The zero-order valence-corrected chi connectivity index (χ0v) is 17.9. The van der Waals surface area contributed by atoms with Crippen molar-refractivity contribution in [3.05, 3.63) is 23.8 Å². The summed E-state index contributed by atoms with van der Waals surface area (Å²) in [4.78, 5) is 19.5. The first-order chi connectivity index (χ1) is 14.2. The summed E-state index contributed by atoms with van der Waals surface area (Å²) in [6, 6.07) is 6.52. The van der Waals surface area contributed by atoms with Gasteiger partial charge in [-0.05, 0) is 63.4 Å². The highest BCUT2D eigenvalue weighted by atomic mass is 16.5. The first-order valence-corrected chi connectivity index (χ1v) is 11.2. The van der Waals surface area contributed by atoms with Gasteiger partial charge in [0.15, 0.2) is 11.5 Å². The molecule has 3 saturated heterocycles. The van der Waals surface area contributed by atoms with Crippen LogP contribution in [0.3, 0.4) is 0 Å². The maximum atomic E-state index is 12.7. The summed E-state index contributed by atoms with van der Waals surface area (Å²) >= 11 is 0. The van der Waals surface area contributed by atoms with Gasteiger partial charge in [-0.3, -0.25) is 14.6 Å². The molecule has 1 aromatic rings. The number of ether oxygens (including phenoxy) is 2. The smallest absolute Gasteiger partial charge is 0.239 e. The van der Waals surface area contributed by atoms with E-state index >= 15 is 0 Å². The van der Waals surface area contributed by atoms with Gasteiger partial charge in [-0.15, -0.1) is 0 Å². The highest BCUT2D eigenvalue weighted by molar-refractivity contribution is 5.83. The van der Waals surface area contributed by atoms with Crippen molar-refractivity contribution in [2.45, 2.75) is 57.7 Å². The molecular formula is C23H35N3O3. The molecule has 0 radical (unpaired) electrons. The summed E-state index contributed by atoms with van der Waals surface area (Å²) in [5, 5.41) is 0. The Morgan fingerprint density at radius 2 is 1.90 bits per heavy atom. The number of likely N-dealkylation sites (tertiary alicyclic amines) is 1. The van der Waals surface area contributed by atoms with Crippen LogP contribution in [0.25, 0.3) is 0 Å². The fourth-order valence-electron chi connectivity index (χ4n) is 4.97. The van der Waals surface area contributed by atoms with E-state index in [1.807, 2.05) is 13.0 Å². The maximum absolute atomic E-state index is 12.7. The molecule has 1 aromatic carbocycles. The highest BCUT2D eigenvalue weighted by Crippen LogP contribution is 2.31. The molecule has 3 aliphatic heterocycles. The first-order valence-electron chi connectivity index (χ1n) is 11.2. The lowest BCUT2D eigenvalue weighted by atomic mass is 10.1. The molecule has 0 spiro atoms. The molecular weight excluding hydrogens is 366 g/mol. The Balaban J connectivity index is 1.35. The summed E-state index contributed by atoms with van der Waals surface area (Å²) in [6.45, 7) is 8.71. The van der Waals surface area contributed by atoms with Crippen LogP contribution in [0.1, 0.15) is 44.6 Å². The number of rotatable bonds is 7. The fourth-order valence-corrected chi connectivity index (χ4v) is 4.97. The highest BCUT2D eigenvalue weighted by Gasteiger charge is 2.40. The molecule has 0 aromatic heterocycles. The van der Waals surface area contributed by atoms with Crippen molar-refractivity contribution in [2.75, 3.05) is 46.4 Å². The van der Waals surface area contributed by atoms with Crippen LogP contribution in [-0.2, 0) is 11.3 Å². The third kappa shape index (κ3) is 4.69. The number of amides is 1. The first kappa shape index (κ1) is 20.5. The van der Waals surface area contributed by atoms with E-state index < -0.39 is 0 Å². The molecule has 29 heavy (non-hydrogen) atoms. The number of piperazine rings is 1. The van der Waals surface area contributed by atoms with E-state index in [2.05, 4.69) is 26.8 Å². The van der Waals surface area contributed by atoms with Crippen LogP contribution in [0.2, 0.25) is 0 Å². The summed E-state index contributed by atoms with van der Waals surface area (Å²) in [7, 11) is 1.69. The number of carbonyl (C=O) groups excluding carboxylic acids is 1. The van der Waals surface area contributed by atoms with E-state index in [0.717, 1.165) is 56.1 Å². The van der Waals surface area contributed by atoms with Crippen LogP contribution < -0.4 is 9.47 Å². The monoisotopic (exact) mass is 401 g/mol. The Bertz CT molecular complexity index is 705. The van der Waals surface area contributed by atoms with Crippen LogP contribution in [0.15, 0.2) is 18.2 Å². The third-order valence-electron chi connectivity index (χ3n) is 6.74. The Labute approximate surface area is 174 Å². The fraction of sp³-hybridized carbons (Fsp3) is 0.696. The quantitative estimate of drug-likeness (QED) is 0.703. The normalized spacial score (nSPS) is 25.9. The topological polar surface area (TPSA) is 45.3 Å². The molecule has 160 valence electrons. The van der Waals surface area contributed by atoms with Gasteiger partial charge in [0.25, 0.3) is 0 Å². The minimum absolute atomic E-state index is 0.0594. The minimum atomic E-state index is -0.0594. The molecule has 0 unspecified atom stereocenters. The van der Waals surface area contributed by atoms with E-state index in [-0.39, 0.29) is 11.9 Å². The summed E-state index contributed by atoms with van der Waals surface area (Å²) in [5.41, 5.74) is 1.16. The number of carbonyl (C=O) groups is 1. The standard InChI is InChI=1S/C23H35N3O3/c1-18-23(27)26-12-6-7-20(26)17-25(18)16-19-8-9-21(22(15-19)28-2)29-14-13-24-10-4-3-5-11-24/h8-9,15,18,20H,3-7,10-14,16-17H2,1-2H3/t18-,20-/m1/s1. The molecule has 0 N–H and O–H groups in total. The molecule has 6 nitrogen and oxygen atoms in total. The van der Waals surface area contributed by atoms with Gasteiger partial charge in [-0.2, -0.15) is 0 Å². The Hall–Kier alpha value is -1.79. The summed E-state index contributed by atoms with van der Waals surface area (Å²) in [6.07, 6.45) is 6.21. The Morgan fingerprint density at radius 1 is 1.07 bits per heavy atom. The van der Waals surface area contributed by atoms with Gasteiger partial charge in [0.1, 0.15) is 6.61 Å². The zero-order valence-electron chi connectivity index (χ0n) is 17.9. The van der Waals surface area contributed by atoms with Crippen molar-refractivity contribution in [3.8, 4) is 11.5 Å². The average molecular weight is 402 g/mol. The average Bonchev–Trinajstić information content (AvgIpc) is 3.22. The van der Waals surface area contributed by atoms with E-state index in [1.165, 1.54) is 32.4 Å². The van der Waals surface area contributed by atoms with Crippen molar-refractivity contribution in [3.63, 3.8) is 0 Å². The summed E-state index contributed by atoms with van der Waals surface area (Å²) in [5.74, 6) is 1.86. The lowest BCUT2D eigenvalue weighted by molar-refractivity contribution is -0.143. The lowest BCUT2D eigenvalue weighted by Gasteiger charge is -2.41. The van der Waals surface area contributed by atoms with Crippen molar-refractivity contribution in [1.29, 1.82) is 0 Å². The molecule has 0 saturated carbocycles. The van der Waals surface area contributed by atoms with Crippen LogP contribution in [0.5, 0.6) is 11.5 Å². The van der Waals surface area contributed by atoms with Gasteiger partial charge < -0.3 is 14.4 Å². The van der Waals surface area contributed by atoms with Crippen LogP contribution in [-0.4, -0.2) is 79.1 Å². The number of methoxy groups -OCH3 is 1. The number of hydrogen-bond acceptors (Lipinski definition) is 5. The molecule has 0 aliphatic carbocycles. The van der Waals surface area contributed by atoms with Crippen molar-refractivity contribution in [1.82, 2.24) is 14.7 Å². The van der Waals surface area contributed by atoms with Gasteiger partial charge in [0.2, 0.25) is 5.91 Å². The molecule has 3 fully saturated rings. The second kappa shape index (κ2) is 9.35. The molecule has 3 heterocycles. The molecule has 6 heteroatoms. The Kier molecular flexibility index (Phi) is 6.60. The SMILES string of the molecule is COc1cc(CN2C[C@H]3CCCN3C(=O)[C@H]2C)ccc1OCCN1CCCCC1. The molecule has 0 bridgehead atoms. The number of nitrogens with zero attached hydrogens (tertiary/aromatic N) is 3. The van der Waals surface area contributed by atoms with Gasteiger partial charge in [0.05, 0.1) is 13.2 Å². The molecule has 1 amide bonds. The van der Waals surface area contributed by atoms with E-state index in [4.69, 9.17) is 9.47 Å². The van der Waals surface area contributed by atoms with Crippen LogP contribution in [0.4, 0.5) is 0 Å². The van der Waals surface area contributed by atoms with Gasteiger partial charge >= 0.3 is 0 Å². The number of fused-ring (bicyclic) bond motifs is 1. The predicted octanol–water partition coefficient (Wildman–Crippen LogP) is 2.76. The van der Waals surface area contributed by atoms with E-state index in [0.29, 0.717) is 12.6 Å². The molecule has 3 aliphatic rings. The van der Waals surface area contributed by atoms with E-state index in [9.17, 15) is 4.79 Å². The third-order valence-corrected chi connectivity index (χ3v) is 6.74. The predicted molar refractivity (Wildman–Crippen MR) is 113 cm³/mol. The number of hydrogen-bond donors (Lipinski definition) is 0. The maximum Gasteiger partial charge on any atom is 0.239 e. The number of piperidine rings is 1. The van der Waals surface area contributed by atoms with Crippen LogP contribution in [0, 0.1) is 0 Å². The summed E-state index contributed by atoms with van der Waals surface area (Å²) < 4.78 is 11.6. The second-order valence-electron chi connectivity index (χ2n) is 8.67. The Morgan fingerprint density at radius 3 is 2.69 bits per heavy atom. The van der Waals surface area contributed by atoms with Gasteiger partial charge in [-0.25, -0.2) is 0 Å². The van der Waals surface area contributed by atoms with Crippen molar-refractivity contribution < 1.29 is 14.3 Å². The second-order valence-corrected chi connectivity index (χ2v) is 8.67. The van der Waals surface area contributed by atoms with E-state index in [1.54, 1.807) is 7.11 Å². The van der Waals surface area contributed by atoms with Gasteiger partial charge in [-0.1, -0.05) is 12.5 Å². The van der Waals surface area contributed by atoms with Crippen molar-refractivity contribution >= 4 is 5.91 Å². The number of benzene rings is 1. The molecule has 2 atom stereocenters. The van der Waals surface area contributed by atoms with Crippen molar-refractivity contribution in [2.24, 2.45) is 0 Å². The molecule has 4 rings (SSSR count). The zero-order chi connectivity index (χ0) is 20.2. The lowest BCUT2D eigenvalue weighted by Crippen LogP contribution is -2.58.